The van der Waals surface area contributed by atoms with Crippen LogP contribution in [0.5, 0.6) is 5.75 Å². The maximum atomic E-state index is 12.1. The standard InChI is InChI=1S/C17H22O2/c1-5-15(18)13-10-12-8-7-9-17(3,4)14(12)11-16(13)19-6-2/h7-8,10-11H,5-6,9H2,1-4H3. The minimum atomic E-state index is 0.101. The smallest absolute Gasteiger partial charge is 0.166 e. The van der Waals surface area contributed by atoms with E-state index in [4.69, 9.17) is 4.74 Å². The number of allylic oxidation sites excluding steroid dienone is 1. The minimum absolute atomic E-state index is 0.101. The predicted octanol–water partition coefficient (Wildman–Crippen LogP) is 4.37. The molecule has 0 bridgehead atoms. The van der Waals surface area contributed by atoms with Gasteiger partial charge < -0.3 is 4.74 Å². The Bertz CT molecular complexity index is 524. The average Bonchev–Trinajstić information content (AvgIpc) is 2.38. The van der Waals surface area contributed by atoms with Crippen LogP contribution in [0.4, 0.5) is 0 Å². The van der Waals surface area contributed by atoms with E-state index in [1.165, 1.54) is 5.56 Å². The number of rotatable bonds is 4. The van der Waals surface area contributed by atoms with Gasteiger partial charge in [0, 0.05) is 6.42 Å². The Labute approximate surface area is 115 Å². The molecule has 2 nitrogen and oxygen atoms in total. The van der Waals surface area contributed by atoms with Crippen LogP contribution in [-0.2, 0) is 5.41 Å². The Balaban J connectivity index is 2.59. The highest BCUT2D eigenvalue weighted by Gasteiger charge is 2.27. The van der Waals surface area contributed by atoms with Crippen molar-refractivity contribution in [3.63, 3.8) is 0 Å². The number of ether oxygens (including phenoxy) is 1. The highest BCUT2D eigenvalue weighted by molar-refractivity contribution is 5.99. The lowest BCUT2D eigenvalue weighted by molar-refractivity contribution is 0.0984. The van der Waals surface area contributed by atoms with Gasteiger partial charge in [0.15, 0.2) is 5.78 Å². The van der Waals surface area contributed by atoms with Gasteiger partial charge in [-0.05, 0) is 42.0 Å². The zero-order chi connectivity index (χ0) is 14.0. The summed E-state index contributed by atoms with van der Waals surface area (Å²) in [6.07, 6.45) is 5.82. The van der Waals surface area contributed by atoms with Gasteiger partial charge in [-0.2, -0.15) is 0 Å². The van der Waals surface area contributed by atoms with Crippen LogP contribution in [0.1, 0.15) is 62.0 Å². The first-order valence-corrected chi connectivity index (χ1v) is 7.00. The Morgan fingerprint density at radius 1 is 1.32 bits per heavy atom. The molecule has 19 heavy (non-hydrogen) atoms. The van der Waals surface area contributed by atoms with E-state index in [9.17, 15) is 4.79 Å². The molecule has 0 aromatic heterocycles. The fraction of sp³-hybridized carbons (Fsp3) is 0.471. The van der Waals surface area contributed by atoms with Gasteiger partial charge in [-0.15, -0.1) is 0 Å². The number of carbonyl (C=O) groups is 1. The van der Waals surface area contributed by atoms with E-state index < -0.39 is 0 Å². The summed E-state index contributed by atoms with van der Waals surface area (Å²) in [5.41, 5.74) is 3.23. The Morgan fingerprint density at radius 3 is 2.68 bits per heavy atom. The molecule has 0 spiro atoms. The summed E-state index contributed by atoms with van der Waals surface area (Å²) in [4.78, 5) is 12.1. The normalized spacial score (nSPS) is 16.0. The highest BCUT2D eigenvalue weighted by atomic mass is 16.5. The zero-order valence-electron chi connectivity index (χ0n) is 12.2. The third-order valence-corrected chi connectivity index (χ3v) is 3.73. The van der Waals surface area contributed by atoms with Gasteiger partial charge in [-0.25, -0.2) is 0 Å². The largest absolute Gasteiger partial charge is 0.493 e. The maximum absolute atomic E-state index is 12.1. The molecule has 0 heterocycles. The molecule has 2 rings (SSSR count). The minimum Gasteiger partial charge on any atom is -0.493 e. The van der Waals surface area contributed by atoms with Gasteiger partial charge in [0.1, 0.15) is 5.75 Å². The first kappa shape index (κ1) is 13.9. The van der Waals surface area contributed by atoms with E-state index in [1.54, 1.807) is 0 Å². The predicted molar refractivity (Wildman–Crippen MR) is 78.9 cm³/mol. The molecule has 102 valence electrons. The van der Waals surface area contributed by atoms with Crippen molar-refractivity contribution in [1.29, 1.82) is 0 Å². The van der Waals surface area contributed by atoms with Crippen LogP contribution in [0.15, 0.2) is 18.2 Å². The van der Waals surface area contributed by atoms with Crippen molar-refractivity contribution < 1.29 is 9.53 Å². The summed E-state index contributed by atoms with van der Waals surface area (Å²) >= 11 is 0. The summed E-state index contributed by atoms with van der Waals surface area (Å²) in [6, 6.07) is 4.05. The van der Waals surface area contributed by atoms with Crippen molar-refractivity contribution in [1.82, 2.24) is 0 Å². The molecule has 1 aromatic rings. The molecule has 0 unspecified atom stereocenters. The summed E-state index contributed by atoms with van der Waals surface area (Å²) in [5, 5.41) is 0. The van der Waals surface area contributed by atoms with Crippen molar-refractivity contribution >= 4 is 11.9 Å². The van der Waals surface area contributed by atoms with Crippen molar-refractivity contribution in [2.75, 3.05) is 6.61 Å². The molecular weight excluding hydrogens is 236 g/mol. The second kappa shape index (κ2) is 5.20. The number of hydrogen-bond donors (Lipinski definition) is 0. The lowest BCUT2D eigenvalue weighted by Crippen LogP contribution is -2.21. The molecule has 0 fully saturated rings. The number of Topliss-reactive ketones (excluding diaryl/α,β-unsaturated/α-hetero) is 1. The van der Waals surface area contributed by atoms with Crippen molar-refractivity contribution in [3.05, 3.63) is 34.9 Å². The second-order valence-corrected chi connectivity index (χ2v) is 5.64. The number of hydrogen-bond acceptors (Lipinski definition) is 2. The monoisotopic (exact) mass is 258 g/mol. The van der Waals surface area contributed by atoms with Crippen LogP contribution in [0.25, 0.3) is 6.08 Å². The van der Waals surface area contributed by atoms with Gasteiger partial charge >= 0.3 is 0 Å². The first-order chi connectivity index (χ1) is 8.99. The maximum Gasteiger partial charge on any atom is 0.166 e. The molecule has 0 amide bonds. The van der Waals surface area contributed by atoms with Crippen LogP contribution >= 0.6 is 0 Å². The fourth-order valence-electron chi connectivity index (χ4n) is 2.59. The van der Waals surface area contributed by atoms with E-state index >= 15 is 0 Å². The van der Waals surface area contributed by atoms with E-state index in [1.807, 2.05) is 19.9 Å². The van der Waals surface area contributed by atoms with Crippen LogP contribution < -0.4 is 4.74 Å². The van der Waals surface area contributed by atoms with Gasteiger partial charge in [0.05, 0.1) is 12.2 Å². The molecule has 0 saturated carbocycles. The highest BCUT2D eigenvalue weighted by Crippen LogP contribution is 2.38. The van der Waals surface area contributed by atoms with E-state index in [2.05, 4.69) is 32.1 Å². The second-order valence-electron chi connectivity index (χ2n) is 5.64. The lowest BCUT2D eigenvalue weighted by Gasteiger charge is -2.30. The van der Waals surface area contributed by atoms with Gasteiger partial charge in [0.25, 0.3) is 0 Å². The molecule has 0 radical (unpaired) electrons. The third kappa shape index (κ3) is 2.58. The number of benzene rings is 1. The average molecular weight is 258 g/mol. The number of fused-ring (bicyclic) bond motifs is 1. The molecule has 1 aliphatic carbocycles. The Morgan fingerprint density at radius 2 is 2.05 bits per heavy atom. The summed E-state index contributed by atoms with van der Waals surface area (Å²) < 4.78 is 5.67. The Kier molecular flexibility index (Phi) is 3.79. The van der Waals surface area contributed by atoms with E-state index in [0.29, 0.717) is 18.6 Å². The molecule has 0 atom stereocenters. The number of ketones is 1. The quantitative estimate of drug-likeness (QED) is 0.749. The van der Waals surface area contributed by atoms with Crippen LogP contribution in [0.2, 0.25) is 0 Å². The number of carbonyl (C=O) groups excluding carboxylic acids is 1. The first-order valence-electron chi connectivity index (χ1n) is 7.00. The van der Waals surface area contributed by atoms with Crippen LogP contribution in [-0.4, -0.2) is 12.4 Å². The topological polar surface area (TPSA) is 26.3 Å². The molecule has 0 saturated heterocycles. The van der Waals surface area contributed by atoms with Crippen LogP contribution in [0.3, 0.4) is 0 Å². The SMILES string of the molecule is CCOc1cc2c(cc1C(=O)CC)C=CCC2(C)C. The van der Waals surface area contributed by atoms with Gasteiger partial charge in [-0.1, -0.05) is 32.9 Å². The zero-order valence-corrected chi connectivity index (χ0v) is 12.2. The fourth-order valence-corrected chi connectivity index (χ4v) is 2.59. The van der Waals surface area contributed by atoms with Crippen molar-refractivity contribution in [3.8, 4) is 5.75 Å². The van der Waals surface area contributed by atoms with Crippen LogP contribution in [0, 0.1) is 0 Å². The molecule has 1 aliphatic rings. The lowest BCUT2D eigenvalue weighted by atomic mass is 9.75. The molecule has 2 heteroatoms. The third-order valence-electron chi connectivity index (χ3n) is 3.73. The summed E-state index contributed by atoms with van der Waals surface area (Å²) in [6.45, 7) is 8.87. The summed E-state index contributed by atoms with van der Waals surface area (Å²) in [7, 11) is 0. The molecule has 1 aromatic carbocycles. The van der Waals surface area contributed by atoms with Crippen molar-refractivity contribution in [2.45, 2.75) is 46.0 Å². The van der Waals surface area contributed by atoms with E-state index in [0.717, 1.165) is 17.7 Å². The van der Waals surface area contributed by atoms with Gasteiger partial charge in [-0.3, -0.25) is 4.79 Å². The summed E-state index contributed by atoms with van der Waals surface area (Å²) in [5.74, 6) is 0.875. The molecule has 0 N–H and O–H groups in total. The van der Waals surface area contributed by atoms with Crippen molar-refractivity contribution in [2.24, 2.45) is 0 Å². The Hall–Kier alpha value is -1.57. The van der Waals surface area contributed by atoms with E-state index in [-0.39, 0.29) is 11.2 Å². The van der Waals surface area contributed by atoms with Gasteiger partial charge in [0.2, 0.25) is 0 Å². The molecular formula is C17H22O2. The molecule has 0 aliphatic heterocycles.